The molecular weight excluding hydrogens is 294 g/mol. The number of methoxy groups -OCH3 is 1. The van der Waals surface area contributed by atoms with Crippen molar-refractivity contribution in [2.75, 3.05) is 12.4 Å². The number of carbonyl (C=O) groups excluding carboxylic acids is 2. The highest BCUT2D eigenvalue weighted by atomic mass is 16.6. The van der Waals surface area contributed by atoms with Crippen molar-refractivity contribution in [3.63, 3.8) is 0 Å². The molecule has 2 rings (SSSR count). The highest BCUT2D eigenvalue weighted by Crippen LogP contribution is 2.16. The third-order valence-electron chi connectivity index (χ3n) is 3.27. The van der Waals surface area contributed by atoms with Crippen LogP contribution in [0.4, 0.5) is 5.69 Å². The van der Waals surface area contributed by atoms with E-state index in [9.17, 15) is 9.59 Å². The Balaban J connectivity index is 1.99. The number of hydrogen-bond acceptors (Lipinski definition) is 4. The molecule has 0 aliphatic rings. The first-order chi connectivity index (χ1) is 11.0. The second-order valence-corrected chi connectivity index (χ2v) is 5.13. The fourth-order valence-corrected chi connectivity index (χ4v) is 1.94. The summed E-state index contributed by atoms with van der Waals surface area (Å²) in [5.74, 6) is -0.164. The summed E-state index contributed by atoms with van der Waals surface area (Å²) in [6.07, 6.45) is -0.702. The summed E-state index contributed by atoms with van der Waals surface area (Å²) in [7, 11) is 1.31. The predicted octanol–water partition coefficient (Wildman–Crippen LogP) is 3.19. The summed E-state index contributed by atoms with van der Waals surface area (Å²) in [4.78, 5) is 23.5. The second kappa shape index (κ2) is 7.45. The number of amides is 1. The fourth-order valence-electron chi connectivity index (χ4n) is 1.94. The topological polar surface area (TPSA) is 64.6 Å². The molecule has 0 radical (unpaired) electrons. The van der Waals surface area contributed by atoms with Gasteiger partial charge in [-0.25, -0.2) is 4.79 Å². The van der Waals surface area contributed by atoms with E-state index in [1.165, 1.54) is 7.11 Å². The second-order valence-electron chi connectivity index (χ2n) is 5.13. The van der Waals surface area contributed by atoms with E-state index in [1.807, 2.05) is 31.2 Å². The summed E-state index contributed by atoms with van der Waals surface area (Å²) in [6, 6.07) is 14.1. The van der Waals surface area contributed by atoms with Gasteiger partial charge in [0.25, 0.3) is 5.91 Å². The summed E-state index contributed by atoms with van der Waals surface area (Å²) >= 11 is 0. The molecular formula is C18H19NO4. The summed E-state index contributed by atoms with van der Waals surface area (Å²) in [5.41, 5.74) is 2.37. The minimum Gasteiger partial charge on any atom is -0.479 e. The van der Waals surface area contributed by atoms with Crippen molar-refractivity contribution < 1.29 is 19.1 Å². The Morgan fingerprint density at radius 2 is 1.61 bits per heavy atom. The van der Waals surface area contributed by atoms with E-state index >= 15 is 0 Å². The smallest absolute Gasteiger partial charge is 0.346 e. The number of nitrogens with one attached hydrogen (secondary N) is 1. The highest BCUT2D eigenvalue weighted by molar-refractivity contribution is 6.04. The van der Waals surface area contributed by atoms with Gasteiger partial charge >= 0.3 is 5.97 Å². The zero-order chi connectivity index (χ0) is 16.8. The maximum absolute atomic E-state index is 12.2. The van der Waals surface area contributed by atoms with Crippen LogP contribution in [0.5, 0.6) is 5.75 Å². The maximum atomic E-state index is 12.2. The zero-order valence-corrected chi connectivity index (χ0v) is 13.3. The van der Waals surface area contributed by atoms with Crippen molar-refractivity contribution in [2.45, 2.75) is 20.0 Å². The number of rotatable bonds is 5. The van der Waals surface area contributed by atoms with Gasteiger partial charge in [-0.15, -0.1) is 0 Å². The molecule has 0 aliphatic carbocycles. The molecule has 0 spiro atoms. The molecule has 0 bridgehead atoms. The number of hydrogen-bond donors (Lipinski definition) is 1. The lowest BCUT2D eigenvalue weighted by Gasteiger charge is -2.12. The first-order valence-corrected chi connectivity index (χ1v) is 7.22. The van der Waals surface area contributed by atoms with E-state index in [2.05, 4.69) is 10.1 Å². The van der Waals surface area contributed by atoms with Crippen LogP contribution < -0.4 is 10.1 Å². The summed E-state index contributed by atoms with van der Waals surface area (Å²) in [6.45, 7) is 3.59. The Kier molecular flexibility index (Phi) is 5.36. The molecule has 2 aromatic carbocycles. The molecule has 1 N–H and O–H groups in total. The lowest BCUT2D eigenvalue weighted by atomic mass is 10.2. The van der Waals surface area contributed by atoms with E-state index in [0.717, 1.165) is 11.3 Å². The lowest BCUT2D eigenvalue weighted by molar-refractivity contribution is -0.147. The molecule has 0 saturated heterocycles. The SMILES string of the molecule is COC(=O)C(C)Oc1ccc(C(=O)Nc2ccc(C)cc2)cc1. The van der Waals surface area contributed by atoms with Crippen LogP contribution in [0.1, 0.15) is 22.8 Å². The number of aryl methyl sites for hydroxylation is 1. The van der Waals surface area contributed by atoms with Gasteiger partial charge < -0.3 is 14.8 Å². The summed E-state index contributed by atoms with van der Waals surface area (Å²) < 4.78 is 10.0. The van der Waals surface area contributed by atoms with Crippen LogP contribution >= 0.6 is 0 Å². The molecule has 0 saturated carbocycles. The van der Waals surface area contributed by atoms with E-state index in [-0.39, 0.29) is 5.91 Å². The maximum Gasteiger partial charge on any atom is 0.346 e. The van der Waals surface area contributed by atoms with Crippen LogP contribution in [0.3, 0.4) is 0 Å². The van der Waals surface area contributed by atoms with Gasteiger partial charge in [0.05, 0.1) is 7.11 Å². The molecule has 120 valence electrons. The van der Waals surface area contributed by atoms with Crippen LogP contribution in [0.25, 0.3) is 0 Å². The third-order valence-corrected chi connectivity index (χ3v) is 3.27. The van der Waals surface area contributed by atoms with Gasteiger partial charge in [0.2, 0.25) is 0 Å². The standard InChI is InChI=1S/C18H19NO4/c1-12-4-8-15(9-5-12)19-17(20)14-6-10-16(11-7-14)23-13(2)18(21)22-3/h4-11,13H,1-3H3,(H,19,20). The van der Waals surface area contributed by atoms with Crippen LogP contribution in [0, 0.1) is 6.92 Å². The average Bonchev–Trinajstić information content (AvgIpc) is 2.56. The summed E-state index contributed by atoms with van der Waals surface area (Å²) in [5, 5.41) is 2.82. The van der Waals surface area contributed by atoms with E-state index in [4.69, 9.17) is 4.74 Å². The Morgan fingerprint density at radius 3 is 2.17 bits per heavy atom. The highest BCUT2D eigenvalue weighted by Gasteiger charge is 2.15. The average molecular weight is 313 g/mol. The van der Waals surface area contributed by atoms with Gasteiger partial charge in [-0.05, 0) is 50.2 Å². The lowest BCUT2D eigenvalue weighted by Crippen LogP contribution is -2.24. The van der Waals surface area contributed by atoms with Gasteiger partial charge in [-0.2, -0.15) is 0 Å². The van der Waals surface area contributed by atoms with Crippen LogP contribution in [0.15, 0.2) is 48.5 Å². The van der Waals surface area contributed by atoms with Crippen molar-refractivity contribution in [3.05, 3.63) is 59.7 Å². The monoisotopic (exact) mass is 313 g/mol. The van der Waals surface area contributed by atoms with Crippen molar-refractivity contribution in [3.8, 4) is 5.75 Å². The van der Waals surface area contributed by atoms with E-state index in [1.54, 1.807) is 31.2 Å². The number of benzene rings is 2. The molecule has 5 nitrogen and oxygen atoms in total. The quantitative estimate of drug-likeness (QED) is 0.861. The third kappa shape index (κ3) is 4.57. The van der Waals surface area contributed by atoms with Gasteiger partial charge in [0, 0.05) is 11.3 Å². The molecule has 0 aromatic heterocycles. The molecule has 2 aromatic rings. The number of ether oxygens (including phenoxy) is 2. The minimum absolute atomic E-state index is 0.207. The molecule has 5 heteroatoms. The Bertz CT molecular complexity index is 677. The van der Waals surface area contributed by atoms with Gasteiger partial charge in [0.15, 0.2) is 6.10 Å². The molecule has 0 heterocycles. The number of anilines is 1. The zero-order valence-electron chi connectivity index (χ0n) is 13.3. The minimum atomic E-state index is -0.702. The molecule has 23 heavy (non-hydrogen) atoms. The Hall–Kier alpha value is -2.82. The van der Waals surface area contributed by atoms with Crippen molar-refractivity contribution in [1.82, 2.24) is 0 Å². The van der Waals surface area contributed by atoms with Gasteiger partial charge in [-0.3, -0.25) is 4.79 Å². The molecule has 1 amide bonds. The first-order valence-electron chi connectivity index (χ1n) is 7.22. The van der Waals surface area contributed by atoms with E-state index in [0.29, 0.717) is 11.3 Å². The predicted molar refractivity (Wildman–Crippen MR) is 87.7 cm³/mol. The largest absolute Gasteiger partial charge is 0.479 e. The normalized spacial score (nSPS) is 11.4. The van der Waals surface area contributed by atoms with Crippen molar-refractivity contribution in [2.24, 2.45) is 0 Å². The number of carbonyl (C=O) groups is 2. The molecule has 0 aliphatic heterocycles. The van der Waals surface area contributed by atoms with Crippen molar-refractivity contribution >= 4 is 17.6 Å². The van der Waals surface area contributed by atoms with Crippen LogP contribution in [-0.2, 0) is 9.53 Å². The first kappa shape index (κ1) is 16.5. The molecule has 0 fully saturated rings. The molecule has 1 unspecified atom stereocenters. The van der Waals surface area contributed by atoms with E-state index < -0.39 is 12.1 Å². The van der Waals surface area contributed by atoms with Gasteiger partial charge in [0.1, 0.15) is 5.75 Å². The van der Waals surface area contributed by atoms with Crippen molar-refractivity contribution in [1.29, 1.82) is 0 Å². The fraction of sp³-hybridized carbons (Fsp3) is 0.222. The number of esters is 1. The van der Waals surface area contributed by atoms with Crippen LogP contribution in [0.2, 0.25) is 0 Å². The molecule has 1 atom stereocenters. The van der Waals surface area contributed by atoms with Gasteiger partial charge in [-0.1, -0.05) is 17.7 Å². The Morgan fingerprint density at radius 1 is 1.00 bits per heavy atom. The van der Waals surface area contributed by atoms with Crippen LogP contribution in [-0.4, -0.2) is 25.1 Å². The Labute approximate surface area is 135 Å².